The molecule has 3 aromatic heterocycles. The number of aromatic nitrogens is 4. The number of hydrogen-bond donors (Lipinski definition) is 4. The van der Waals surface area contributed by atoms with Crippen molar-refractivity contribution in [1.29, 1.82) is 0 Å². The third-order valence-corrected chi connectivity index (χ3v) is 21.1. The van der Waals surface area contributed by atoms with Gasteiger partial charge in [0.15, 0.2) is 140 Å². The number of ether oxygens (including phenoxy) is 12. The molecule has 2 amide bonds. The lowest BCUT2D eigenvalue weighted by Crippen LogP contribution is -2.12. The van der Waals surface area contributed by atoms with Crippen LogP contribution in [-0.4, -0.2) is 154 Å². The third kappa shape index (κ3) is 18.8. The summed E-state index contributed by atoms with van der Waals surface area (Å²) >= 11 is 0. The Morgan fingerprint density at radius 3 is 0.590 bits per heavy atom. The average molecular weight is 1910 g/mol. The van der Waals surface area contributed by atoms with Gasteiger partial charge < -0.3 is 77.4 Å². The summed E-state index contributed by atoms with van der Waals surface area (Å²) in [6.45, 7) is -13.0. The van der Waals surface area contributed by atoms with Crippen molar-refractivity contribution in [2.24, 2.45) is 0 Å². The van der Waals surface area contributed by atoms with E-state index >= 15 is 115 Å². The summed E-state index contributed by atoms with van der Waals surface area (Å²) in [5.74, 6) is -62.0. The van der Waals surface area contributed by atoms with Crippen LogP contribution in [0.3, 0.4) is 0 Å². The number of amides is 2. The van der Waals surface area contributed by atoms with Crippen LogP contribution >= 0.6 is 0 Å². The molecule has 710 valence electrons. The molecule has 0 aliphatic carbocycles. The van der Waals surface area contributed by atoms with E-state index in [-0.39, 0.29) is 51.8 Å². The summed E-state index contributed by atoms with van der Waals surface area (Å²) in [5, 5.41) is 3.99. The normalized spacial score (nSPS) is 12.5. The Morgan fingerprint density at radius 2 is 0.396 bits per heavy atom. The Bertz CT molecular complexity index is 6090. The Hall–Kier alpha value is -12.3. The van der Waals surface area contributed by atoms with Gasteiger partial charge in [-0.25, -0.2) is 115 Å². The number of fused-ring (bicyclic) bond motifs is 12. The molecule has 4 aliphatic rings. The second-order valence-electron chi connectivity index (χ2n) is 29.0. The van der Waals surface area contributed by atoms with E-state index in [1.54, 1.807) is 0 Å². The van der Waals surface area contributed by atoms with Crippen molar-refractivity contribution >= 4 is 69.6 Å². The van der Waals surface area contributed by atoms with E-state index in [1.807, 2.05) is 10.6 Å². The fourth-order valence-corrected chi connectivity index (χ4v) is 14.6. The van der Waals surface area contributed by atoms with Crippen molar-refractivity contribution in [3.05, 3.63) is 243 Å². The molecule has 6 aromatic carbocycles. The second kappa shape index (κ2) is 42.5. The Morgan fingerprint density at radius 1 is 0.224 bits per heavy atom. The minimum Gasteiger partial charge on any atom is -0.382 e. The number of carbonyl (C=O) groups excluding carboxylic acids is 2. The van der Waals surface area contributed by atoms with Crippen molar-refractivity contribution in [2.75, 3.05) is 133 Å². The molecule has 134 heavy (non-hydrogen) atoms. The van der Waals surface area contributed by atoms with Crippen LogP contribution in [0.5, 0.6) is 0 Å². The number of H-pyrrole nitrogens is 2. The molecule has 0 saturated carbocycles. The molecule has 9 aromatic rings. The zero-order valence-electron chi connectivity index (χ0n) is 70.2. The van der Waals surface area contributed by atoms with E-state index in [0.29, 0.717) is 48.6 Å². The molecule has 7 heterocycles. The first-order chi connectivity index (χ1) is 64.2. The van der Waals surface area contributed by atoms with E-state index in [1.165, 1.54) is 0 Å². The smallest absolute Gasteiger partial charge is 0.256 e. The summed E-state index contributed by atoms with van der Waals surface area (Å²) in [6, 6.07) is 2.57. The van der Waals surface area contributed by atoms with E-state index in [9.17, 15) is 0 Å². The van der Waals surface area contributed by atoms with Crippen molar-refractivity contribution in [3.8, 4) is 66.8 Å². The molecule has 13 rings (SSSR count). The van der Waals surface area contributed by atoms with E-state index in [2.05, 4.69) is 19.9 Å². The van der Waals surface area contributed by atoms with Crippen molar-refractivity contribution in [1.82, 2.24) is 19.9 Å². The van der Waals surface area contributed by atoms with Gasteiger partial charge in [0.1, 0.15) is 0 Å². The Balaban J connectivity index is 1.32. The van der Waals surface area contributed by atoms with Gasteiger partial charge in [-0.2, -0.15) is 0 Å². The van der Waals surface area contributed by atoms with Crippen LogP contribution in [0.15, 0.2) is 36.4 Å². The average Bonchev–Trinajstić information content (AvgIpc) is 1.57. The summed E-state index contributed by atoms with van der Waals surface area (Å²) < 4.78 is 478. The largest absolute Gasteiger partial charge is 0.382 e. The Labute approximate surface area is 740 Å². The fourth-order valence-electron chi connectivity index (χ4n) is 14.6. The number of nitrogens with zero attached hydrogens (tertiary/aromatic N) is 2. The lowest BCUT2D eigenvalue weighted by molar-refractivity contribution is 0.0585. The monoisotopic (exact) mass is 1910 g/mol. The number of nitrogens with one attached hydrogen (secondary N) is 4. The zero-order valence-corrected chi connectivity index (χ0v) is 70.2. The Kier molecular flexibility index (Phi) is 31.4. The number of methoxy groups -OCH3 is 6. The minimum atomic E-state index is -2.52. The molecular weight excluding hydrogens is 1840 g/mol. The highest BCUT2D eigenvalue weighted by molar-refractivity contribution is 6.19. The number of carbonyl (C=O) groups is 2. The van der Waals surface area contributed by atoms with Gasteiger partial charge in [-0.15, -0.1) is 0 Å². The third-order valence-electron chi connectivity index (χ3n) is 21.1. The van der Waals surface area contributed by atoms with Gasteiger partial charge in [-0.05, 0) is 60.7 Å². The summed E-state index contributed by atoms with van der Waals surface area (Å²) in [7, 11) is 6.90. The van der Waals surface area contributed by atoms with E-state index in [4.69, 9.17) is 56.8 Å². The summed E-state index contributed by atoms with van der Waals surface area (Å²) in [4.78, 5) is 44.0. The maximum Gasteiger partial charge on any atom is 0.256 e. The maximum atomic E-state index is 17.8. The molecule has 0 atom stereocenters. The van der Waals surface area contributed by atoms with Gasteiger partial charge in [0.25, 0.3) is 11.8 Å². The first-order valence-corrected chi connectivity index (χ1v) is 39.4. The fraction of sp³-hybridized carbons (Fsp3) is 0.267. The highest BCUT2D eigenvalue weighted by Gasteiger charge is 2.41. The first kappa shape index (κ1) is 99.1. The standard InChI is InChI=1S/C90H68F24N6O14/c1-123-15-21-129-29-37-65(91)77(103)59(78(104)66(37)92)53-35-27-51(119-89(35)121)57(63-85(111)73(99)41(74(100)86(63)112)33-133-25-19-127-5)49-13-12-48(118-49)56(62-83(109)71(97)40(72(98)84(62)110)32-132-24-18-126-4)46-10-8-44(116-46)54(60-79(105)67(93)38(68(94)80(60)106)30-130-22-16-124-2)36-28-52(120-90(36)122)58(64-87(113)75(101)42(76(102)88(64)114)34-134-26-20-128-6)50-14-11-47(117-50)55(45-9-7-43(53)115-45)61-81(107)69(95)39(70(96)82(61)108)31-131-23-17-125-3/h7-14,27-28,115-116H,15-26,29-34H2,1-6H3,(H,119,121)(H,120,122). The molecule has 0 radical (unpaired) electrons. The number of rotatable bonds is 36. The van der Waals surface area contributed by atoms with Crippen LogP contribution in [0.2, 0.25) is 0 Å². The number of halogens is 24. The molecule has 12 bridgehead atoms. The molecule has 4 aliphatic heterocycles. The molecule has 0 unspecified atom stereocenters. The van der Waals surface area contributed by atoms with Crippen LogP contribution in [0.1, 0.15) is 76.9 Å². The van der Waals surface area contributed by atoms with Crippen molar-refractivity contribution in [3.63, 3.8) is 0 Å². The topological polar surface area (TPSA) is 226 Å². The molecule has 20 nitrogen and oxygen atoms in total. The SMILES string of the molecule is COCCOCc1c(F)c(F)c(-c2c3cc(c(-c4c(F)c(F)c(COCCOC)c(F)c4F)c4ccc([nH]4)c(-c4c(F)c(F)c(COCCOC)c(F)c4F)c4nc(c(-c5c(F)c(F)c(COCCOC)c(F)c5F)c5cc(c(-c6c(F)c(F)c(COCCOC)c(F)c6F)c6ccc([nH]6)c(-c6c(F)c(F)c(COCCOC)c(F)c6F)c6nc2C=C6)C(=O)N5)C=C4)C(=O)N3)c(F)c1F. The van der Waals surface area contributed by atoms with Crippen molar-refractivity contribution in [2.45, 2.75) is 39.6 Å². The highest BCUT2D eigenvalue weighted by Crippen LogP contribution is 2.50. The lowest BCUT2D eigenvalue weighted by atomic mass is 9.96. The van der Waals surface area contributed by atoms with E-state index < -0.39 is 398 Å². The number of aromatic amines is 2. The van der Waals surface area contributed by atoms with Crippen molar-refractivity contribution < 1.29 is 172 Å². The summed E-state index contributed by atoms with van der Waals surface area (Å²) in [6.07, 6.45) is 1.99. The number of hydrogen-bond acceptors (Lipinski definition) is 16. The van der Waals surface area contributed by atoms with Gasteiger partial charge in [0.05, 0.1) is 231 Å². The highest BCUT2D eigenvalue weighted by atomic mass is 19.2. The maximum absolute atomic E-state index is 17.8. The minimum absolute atomic E-state index is 0.250. The van der Waals surface area contributed by atoms with Crippen LogP contribution in [0, 0.1) is 140 Å². The molecule has 0 saturated heterocycles. The molecular formula is C90H68F24N6O14. The van der Waals surface area contributed by atoms with Crippen LogP contribution in [-0.2, 0) is 96.5 Å². The zero-order chi connectivity index (χ0) is 96.9. The van der Waals surface area contributed by atoms with Gasteiger partial charge >= 0.3 is 0 Å². The molecule has 4 N–H and O–H groups in total. The van der Waals surface area contributed by atoms with Gasteiger partial charge in [0.2, 0.25) is 0 Å². The molecule has 44 heteroatoms. The first-order valence-electron chi connectivity index (χ1n) is 39.4. The van der Waals surface area contributed by atoms with Crippen LogP contribution in [0.4, 0.5) is 117 Å². The summed E-state index contributed by atoms with van der Waals surface area (Å²) in [5.41, 5.74) is -46.1. The molecule has 0 spiro atoms. The van der Waals surface area contributed by atoms with Gasteiger partial charge in [0, 0.05) is 98.1 Å². The predicted molar refractivity (Wildman–Crippen MR) is 431 cm³/mol. The number of anilines is 2. The quantitative estimate of drug-likeness (QED) is 0.0163. The van der Waals surface area contributed by atoms with Gasteiger partial charge in [-0.3, -0.25) is 9.59 Å². The van der Waals surface area contributed by atoms with Crippen LogP contribution < -0.4 is 10.6 Å². The second-order valence-corrected chi connectivity index (χ2v) is 29.0. The van der Waals surface area contributed by atoms with Gasteiger partial charge in [-0.1, -0.05) is 0 Å². The molecule has 0 fully saturated rings. The van der Waals surface area contributed by atoms with Crippen LogP contribution in [0.25, 0.3) is 113 Å². The van der Waals surface area contributed by atoms with E-state index in [0.717, 1.165) is 42.7 Å². The predicted octanol–water partition coefficient (Wildman–Crippen LogP) is 20.4. The number of benzene rings is 6. The lowest BCUT2D eigenvalue weighted by Gasteiger charge is -2.15.